The van der Waals surface area contributed by atoms with E-state index in [0.29, 0.717) is 0 Å². The number of anilines is 1. The highest BCUT2D eigenvalue weighted by Gasteiger charge is 2.17. The van der Waals surface area contributed by atoms with Gasteiger partial charge < -0.3 is 14.6 Å². The third-order valence-corrected chi connectivity index (χ3v) is 3.58. The van der Waals surface area contributed by atoms with Crippen molar-refractivity contribution in [2.24, 2.45) is 0 Å². The molecule has 0 saturated carbocycles. The quantitative estimate of drug-likeness (QED) is 0.919. The number of oxazole rings is 1. The molecule has 0 unspecified atom stereocenters. The first kappa shape index (κ1) is 12.5. The standard InChI is InChI=1S/C15H21N3O/c1-3-4-14-17-12-9-11(2)10-13(15(12)19-14)18-7-5-16-6-8-18/h9-10,16H,3-8H2,1-2H3. The van der Waals surface area contributed by atoms with Gasteiger partial charge in [0.1, 0.15) is 5.52 Å². The zero-order valence-corrected chi connectivity index (χ0v) is 11.7. The molecule has 1 N–H and O–H groups in total. The van der Waals surface area contributed by atoms with Crippen LogP contribution in [0.3, 0.4) is 0 Å². The van der Waals surface area contributed by atoms with Crippen LogP contribution in [0, 0.1) is 6.92 Å². The first-order chi connectivity index (χ1) is 9.28. The molecule has 1 aromatic heterocycles. The lowest BCUT2D eigenvalue weighted by Gasteiger charge is -2.29. The van der Waals surface area contributed by atoms with Crippen molar-refractivity contribution in [2.45, 2.75) is 26.7 Å². The lowest BCUT2D eigenvalue weighted by molar-refractivity contribution is 0.522. The Morgan fingerprint density at radius 3 is 2.84 bits per heavy atom. The average Bonchev–Trinajstić information content (AvgIpc) is 2.81. The Bertz CT molecular complexity index is 570. The van der Waals surface area contributed by atoms with E-state index in [1.54, 1.807) is 0 Å². The summed E-state index contributed by atoms with van der Waals surface area (Å²) in [7, 11) is 0. The molecule has 4 nitrogen and oxygen atoms in total. The topological polar surface area (TPSA) is 41.3 Å². The third-order valence-electron chi connectivity index (χ3n) is 3.58. The first-order valence-corrected chi connectivity index (χ1v) is 7.13. The van der Waals surface area contributed by atoms with Crippen molar-refractivity contribution in [1.82, 2.24) is 10.3 Å². The van der Waals surface area contributed by atoms with Crippen molar-refractivity contribution >= 4 is 16.8 Å². The summed E-state index contributed by atoms with van der Waals surface area (Å²) < 4.78 is 5.97. The van der Waals surface area contributed by atoms with E-state index in [4.69, 9.17) is 4.42 Å². The van der Waals surface area contributed by atoms with Gasteiger partial charge >= 0.3 is 0 Å². The van der Waals surface area contributed by atoms with Crippen LogP contribution in [0.15, 0.2) is 16.5 Å². The number of fused-ring (bicyclic) bond motifs is 1. The highest BCUT2D eigenvalue weighted by molar-refractivity contribution is 5.87. The van der Waals surface area contributed by atoms with Gasteiger partial charge in [-0.1, -0.05) is 6.92 Å². The van der Waals surface area contributed by atoms with Gasteiger partial charge in [-0.2, -0.15) is 0 Å². The van der Waals surface area contributed by atoms with Crippen molar-refractivity contribution in [3.8, 4) is 0 Å². The van der Waals surface area contributed by atoms with Crippen LogP contribution in [0.25, 0.3) is 11.1 Å². The summed E-state index contributed by atoms with van der Waals surface area (Å²) in [5.41, 5.74) is 4.40. The number of hydrogen-bond donors (Lipinski definition) is 1. The highest BCUT2D eigenvalue weighted by Crippen LogP contribution is 2.30. The average molecular weight is 259 g/mol. The maximum Gasteiger partial charge on any atom is 0.195 e. The monoisotopic (exact) mass is 259 g/mol. The molecule has 0 atom stereocenters. The fraction of sp³-hybridized carbons (Fsp3) is 0.533. The van der Waals surface area contributed by atoms with Gasteiger partial charge in [0.05, 0.1) is 5.69 Å². The molecule has 1 fully saturated rings. The second kappa shape index (κ2) is 5.21. The molecule has 1 saturated heterocycles. The summed E-state index contributed by atoms with van der Waals surface area (Å²) >= 11 is 0. The number of aryl methyl sites for hydroxylation is 2. The second-order valence-electron chi connectivity index (χ2n) is 5.23. The zero-order valence-electron chi connectivity index (χ0n) is 11.7. The molecule has 1 aromatic carbocycles. The summed E-state index contributed by atoms with van der Waals surface area (Å²) in [5, 5.41) is 3.38. The van der Waals surface area contributed by atoms with Gasteiger partial charge in [0.25, 0.3) is 0 Å². The van der Waals surface area contributed by atoms with Gasteiger partial charge in [-0.05, 0) is 31.0 Å². The molecule has 2 aromatic rings. The lowest BCUT2D eigenvalue weighted by Crippen LogP contribution is -2.43. The summed E-state index contributed by atoms with van der Waals surface area (Å²) in [4.78, 5) is 7.01. The molecular formula is C15H21N3O. The van der Waals surface area contributed by atoms with E-state index in [2.05, 4.69) is 41.2 Å². The predicted octanol–water partition coefficient (Wildman–Crippen LogP) is 2.50. The fourth-order valence-corrected chi connectivity index (χ4v) is 2.66. The summed E-state index contributed by atoms with van der Waals surface area (Å²) in [6.07, 6.45) is 1.98. The minimum Gasteiger partial charge on any atom is -0.439 e. The predicted molar refractivity (Wildman–Crippen MR) is 77.8 cm³/mol. The van der Waals surface area contributed by atoms with Gasteiger partial charge in [-0.15, -0.1) is 0 Å². The van der Waals surface area contributed by atoms with Crippen LogP contribution >= 0.6 is 0 Å². The zero-order chi connectivity index (χ0) is 13.2. The Morgan fingerprint density at radius 1 is 1.32 bits per heavy atom. The van der Waals surface area contributed by atoms with E-state index in [0.717, 1.165) is 56.0 Å². The maximum atomic E-state index is 5.97. The van der Waals surface area contributed by atoms with E-state index in [-0.39, 0.29) is 0 Å². The van der Waals surface area contributed by atoms with Crippen molar-refractivity contribution in [3.05, 3.63) is 23.6 Å². The number of nitrogens with zero attached hydrogens (tertiary/aromatic N) is 2. The van der Waals surface area contributed by atoms with Crippen LogP contribution in [0.2, 0.25) is 0 Å². The Kier molecular flexibility index (Phi) is 3.42. The summed E-state index contributed by atoms with van der Waals surface area (Å²) in [6, 6.07) is 4.33. The number of benzene rings is 1. The van der Waals surface area contributed by atoms with Crippen molar-refractivity contribution in [1.29, 1.82) is 0 Å². The fourth-order valence-electron chi connectivity index (χ4n) is 2.66. The maximum absolute atomic E-state index is 5.97. The third kappa shape index (κ3) is 2.45. The highest BCUT2D eigenvalue weighted by atomic mass is 16.3. The number of piperazine rings is 1. The van der Waals surface area contributed by atoms with Gasteiger partial charge in [-0.25, -0.2) is 4.98 Å². The van der Waals surface area contributed by atoms with Crippen molar-refractivity contribution < 1.29 is 4.42 Å². The minimum absolute atomic E-state index is 0.861. The Labute approximate surface area is 113 Å². The Balaban J connectivity index is 2.05. The SMILES string of the molecule is CCCc1nc2cc(C)cc(N3CCNCC3)c2o1. The van der Waals surface area contributed by atoms with Crippen LogP contribution < -0.4 is 10.2 Å². The summed E-state index contributed by atoms with van der Waals surface area (Å²) in [6.45, 7) is 8.40. The van der Waals surface area contributed by atoms with Crippen LogP contribution in [0.5, 0.6) is 0 Å². The van der Waals surface area contributed by atoms with Gasteiger partial charge in [-0.3, -0.25) is 0 Å². The number of rotatable bonds is 3. The molecule has 0 amide bonds. The van der Waals surface area contributed by atoms with Crippen LogP contribution in [0.4, 0.5) is 5.69 Å². The van der Waals surface area contributed by atoms with E-state index in [1.807, 2.05) is 0 Å². The van der Waals surface area contributed by atoms with Crippen LogP contribution in [-0.4, -0.2) is 31.2 Å². The molecule has 4 heteroatoms. The smallest absolute Gasteiger partial charge is 0.195 e. The van der Waals surface area contributed by atoms with E-state index in [9.17, 15) is 0 Å². The number of aromatic nitrogens is 1. The van der Waals surface area contributed by atoms with Gasteiger partial charge in [0.15, 0.2) is 11.5 Å². The van der Waals surface area contributed by atoms with Crippen molar-refractivity contribution in [3.63, 3.8) is 0 Å². The Hall–Kier alpha value is -1.55. The molecule has 102 valence electrons. The molecule has 19 heavy (non-hydrogen) atoms. The second-order valence-corrected chi connectivity index (χ2v) is 5.23. The van der Waals surface area contributed by atoms with E-state index < -0.39 is 0 Å². The minimum atomic E-state index is 0.861. The first-order valence-electron chi connectivity index (χ1n) is 7.13. The molecular weight excluding hydrogens is 238 g/mol. The molecule has 1 aliphatic rings. The van der Waals surface area contributed by atoms with E-state index in [1.165, 1.54) is 11.3 Å². The largest absolute Gasteiger partial charge is 0.439 e. The molecule has 0 spiro atoms. The van der Waals surface area contributed by atoms with Crippen LogP contribution in [0.1, 0.15) is 24.8 Å². The summed E-state index contributed by atoms with van der Waals surface area (Å²) in [5.74, 6) is 0.861. The van der Waals surface area contributed by atoms with Crippen molar-refractivity contribution in [2.75, 3.05) is 31.1 Å². The van der Waals surface area contributed by atoms with Gasteiger partial charge in [0, 0.05) is 32.6 Å². The number of hydrogen-bond acceptors (Lipinski definition) is 4. The Morgan fingerprint density at radius 2 is 2.11 bits per heavy atom. The molecule has 3 rings (SSSR count). The normalized spacial score (nSPS) is 16.2. The molecule has 0 radical (unpaired) electrons. The molecule has 0 bridgehead atoms. The molecule has 2 heterocycles. The van der Waals surface area contributed by atoms with Crippen LogP contribution in [-0.2, 0) is 6.42 Å². The molecule has 1 aliphatic heterocycles. The van der Waals surface area contributed by atoms with Gasteiger partial charge in [0.2, 0.25) is 0 Å². The lowest BCUT2D eigenvalue weighted by atomic mass is 10.1. The molecule has 0 aliphatic carbocycles. The number of nitrogens with one attached hydrogen (secondary N) is 1. The van der Waals surface area contributed by atoms with E-state index >= 15 is 0 Å².